The number of hydrogen-bond acceptors (Lipinski definition) is 5. The fourth-order valence-electron chi connectivity index (χ4n) is 3.02. The molecule has 0 saturated carbocycles. The Morgan fingerprint density at radius 2 is 1.96 bits per heavy atom. The molecule has 0 amide bonds. The summed E-state index contributed by atoms with van der Waals surface area (Å²) < 4.78 is 5.24. The second-order valence-corrected chi connectivity index (χ2v) is 7.14. The SMILES string of the molecule is CCNC(=NCc1scnc1C)N1CCN(c2ccc(OC)cc2)CC1. The molecule has 140 valence electrons. The lowest BCUT2D eigenvalue weighted by atomic mass is 10.2. The van der Waals surface area contributed by atoms with Gasteiger partial charge in [0.1, 0.15) is 5.75 Å². The highest BCUT2D eigenvalue weighted by Gasteiger charge is 2.20. The number of hydrogen-bond donors (Lipinski definition) is 1. The highest BCUT2D eigenvalue weighted by Crippen LogP contribution is 2.20. The highest BCUT2D eigenvalue weighted by atomic mass is 32.1. The number of methoxy groups -OCH3 is 1. The number of aliphatic imine (C=N–C) groups is 1. The summed E-state index contributed by atoms with van der Waals surface area (Å²) in [5, 5.41) is 3.43. The van der Waals surface area contributed by atoms with E-state index in [0.29, 0.717) is 6.54 Å². The number of nitrogens with one attached hydrogen (secondary N) is 1. The first-order valence-electron chi connectivity index (χ1n) is 9.02. The quantitative estimate of drug-likeness (QED) is 0.645. The van der Waals surface area contributed by atoms with Crippen LogP contribution in [0, 0.1) is 6.92 Å². The molecular formula is C19H27N5OS. The van der Waals surface area contributed by atoms with Crippen LogP contribution in [0.3, 0.4) is 0 Å². The third-order valence-corrected chi connectivity index (χ3v) is 5.49. The van der Waals surface area contributed by atoms with E-state index in [4.69, 9.17) is 9.73 Å². The van der Waals surface area contributed by atoms with Gasteiger partial charge in [0.2, 0.25) is 0 Å². The lowest BCUT2D eigenvalue weighted by Gasteiger charge is -2.37. The van der Waals surface area contributed by atoms with Crippen molar-refractivity contribution >= 4 is 23.0 Å². The second kappa shape index (κ2) is 8.89. The Labute approximate surface area is 159 Å². The Balaban J connectivity index is 1.61. The number of aryl methyl sites for hydroxylation is 1. The van der Waals surface area contributed by atoms with Crippen LogP contribution < -0.4 is 15.0 Å². The molecule has 3 rings (SSSR count). The Bertz CT molecular complexity index is 720. The molecule has 2 aromatic rings. The van der Waals surface area contributed by atoms with Crippen LogP contribution in [0.4, 0.5) is 5.69 Å². The minimum absolute atomic E-state index is 0.692. The van der Waals surface area contributed by atoms with Crippen LogP contribution in [0.25, 0.3) is 0 Å². The normalized spacial score (nSPS) is 15.3. The molecule has 1 N–H and O–H groups in total. The van der Waals surface area contributed by atoms with E-state index >= 15 is 0 Å². The average Bonchev–Trinajstić information content (AvgIpc) is 3.10. The first kappa shape index (κ1) is 18.5. The molecule has 0 aliphatic carbocycles. The second-order valence-electron chi connectivity index (χ2n) is 6.20. The van der Waals surface area contributed by atoms with E-state index in [-0.39, 0.29) is 0 Å². The van der Waals surface area contributed by atoms with Crippen molar-refractivity contribution in [3.63, 3.8) is 0 Å². The molecule has 7 heteroatoms. The van der Waals surface area contributed by atoms with Gasteiger partial charge in [-0.3, -0.25) is 0 Å². The van der Waals surface area contributed by atoms with E-state index < -0.39 is 0 Å². The van der Waals surface area contributed by atoms with Crippen LogP contribution in [0.2, 0.25) is 0 Å². The lowest BCUT2D eigenvalue weighted by Crippen LogP contribution is -2.52. The predicted molar refractivity (Wildman–Crippen MR) is 108 cm³/mol. The Morgan fingerprint density at radius 1 is 1.23 bits per heavy atom. The first-order valence-corrected chi connectivity index (χ1v) is 9.90. The lowest BCUT2D eigenvalue weighted by molar-refractivity contribution is 0.372. The molecule has 0 spiro atoms. The fraction of sp³-hybridized carbons (Fsp3) is 0.474. The largest absolute Gasteiger partial charge is 0.497 e. The van der Waals surface area contributed by atoms with Gasteiger partial charge in [-0.25, -0.2) is 9.98 Å². The maximum Gasteiger partial charge on any atom is 0.194 e. The summed E-state index contributed by atoms with van der Waals surface area (Å²) >= 11 is 1.67. The Kier molecular flexibility index (Phi) is 6.33. The molecule has 6 nitrogen and oxygen atoms in total. The van der Waals surface area contributed by atoms with Gasteiger partial charge in [-0.2, -0.15) is 0 Å². The van der Waals surface area contributed by atoms with Crippen molar-refractivity contribution in [3.8, 4) is 5.75 Å². The van der Waals surface area contributed by atoms with Crippen molar-refractivity contribution in [2.24, 2.45) is 4.99 Å². The number of guanidine groups is 1. The van der Waals surface area contributed by atoms with Gasteiger partial charge in [0.25, 0.3) is 0 Å². The number of benzene rings is 1. The van der Waals surface area contributed by atoms with Crippen molar-refractivity contribution in [2.75, 3.05) is 44.7 Å². The highest BCUT2D eigenvalue weighted by molar-refractivity contribution is 7.09. The predicted octanol–water partition coefficient (Wildman–Crippen LogP) is 2.75. The third-order valence-electron chi connectivity index (χ3n) is 4.57. The number of aromatic nitrogens is 1. The summed E-state index contributed by atoms with van der Waals surface area (Å²) in [6.07, 6.45) is 0. The summed E-state index contributed by atoms with van der Waals surface area (Å²) in [6.45, 7) is 9.60. The van der Waals surface area contributed by atoms with E-state index in [1.54, 1.807) is 18.4 Å². The smallest absolute Gasteiger partial charge is 0.194 e. The molecule has 1 aromatic heterocycles. The Hall–Kier alpha value is -2.28. The summed E-state index contributed by atoms with van der Waals surface area (Å²) in [7, 11) is 1.70. The van der Waals surface area contributed by atoms with Gasteiger partial charge < -0.3 is 19.9 Å². The van der Waals surface area contributed by atoms with Gasteiger partial charge in [0.05, 0.1) is 24.9 Å². The molecule has 26 heavy (non-hydrogen) atoms. The molecule has 0 bridgehead atoms. The summed E-state index contributed by atoms with van der Waals surface area (Å²) in [5.41, 5.74) is 4.22. The number of piperazine rings is 1. The molecule has 1 aliphatic heterocycles. The number of anilines is 1. The van der Waals surface area contributed by atoms with Crippen LogP contribution in [0.15, 0.2) is 34.8 Å². The van der Waals surface area contributed by atoms with Crippen molar-refractivity contribution in [1.82, 2.24) is 15.2 Å². The van der Waals surface area contributed by atoms with Gasteiger partial charge in [-0.1, -0.05) is 0 Å². The minimum Gasteiger partial charge on any atom is -0.497 e. The zero-order valence-electron chi connectivity index (χ0n) is 15.7. The minimum atomic E-state index is 0.692. The zero-order chi connectivity index (χ0) is 18.4. The maximum absolute atomic E-state index is 5.24. The summed E-state index contributed by atoms with van der Waals surface area (Å²) in [4.78, 5) is 15.1. The summed E-state index contributed by atoms with van der Waals surface area (Å²) in [6, 6.07) is 8.29. The molecule has 0 atom stereocenters. The van der Waals surface area contributed by atoms with Gasteiger partial charge in [0.15, 0.2) is 5.96 Å². The van der Waals surface area contributed by atoms with Crippen molar-refractivity contribution < 1.29 is 4.74 Å². The topological polar surface area (TPSA) is 53.0 Å². The van der Waals surface area contributed by atoms with Crippen molar-refractivity contribution in [1.29, 1.82) is 0 Å². The molecule has 1 aromatic carbocycles. The monoisotopic (exact) mass is 373 g/mol. The van der Waals surface area contributed by atoms with E-state index in [1.807, 2.05) is 24.6 Å². The zero-order valence-corrected chi connectivity index (χ0v) is 16.6. The van der Waals surface area contributed by atoms with E-state index in [1.165, 1.54) is 10.6 Å². The van der Waals surface area contributed by atoms with Gasteiger partial charge in [0, 0.05) is 43.3 Å². The van der Waals surface area contributed by atoms with E-state index in [0.717, 1.165) is 50.1 Å². The molecule has 1 saturated heterocycles. The third kappa shape index (κ3) is 4.46. The number of ether oxygens (including phenoxy) is 1. The molecular weight excluding hydrogens is 346 g/mol. The molecule has 0 unspecified atom stereocenters. The molecule has 2 heterocycles. The standard InChI is InChI=1S/C19H27N5OS/c1-4-20-19(21-13-18-15(2)22-14-26-18)24-11-9-23(10-12-24)16-5-7-17(25-3)8-6-16/h5-8,14H,4,9-13H2,1-3H3,(H,20,21). The van der Waals surface area contributed by atoms with Crippen LogP contribution >= 0.6 is 11.3 Å². The maximum atomic E-state index is 5.24. The number of thiazole rings is 1. The van der Waals surface area contributed by atoms with Crippen molar-refractivity contribution in [3.05, 3.63) is 40.3 Å². The first-order chi connectivity index (χ1) is 12.7. The van der Waals surface area contributed by atoms with Crippen LogP contribution in [-0.4, -0.2) is 55.7 Å². The van der Waals surface area contributed by atoms with Crippen LogP contribution in [0.1, 0.15) is 17.5 Å². The molecule has 0 radical (unpaired) electrons. The Morgan fingerprint density at radius 3 is 2.54 bits per heavy atom. The van der Waals surface area contributed by atoms with Crippen LogP contribution in [0.5, 0.6) is 5.75 Å². The fourth-order valence-corrected chi connectivity index (χ4v) is 3.72. The van der Waals surface area contributed by atoms with E-state index in [9.17, 15) is 0 Å². The van der Waals surface area contributed by atoms with Gasteiger partial charge in [-0.15, -0.1) is 11.3 Å². The summed E-state index contributed by atoms with van der Waals surface area (Å²) in [5.74, 6) is 1.89. The van der Waals surface area contributed by atoms with Crippen LogP contribution in [-0.2, 0) is 6.54 Å². The number of rotatable bonds is 5. The molecule has 1 aliphatic rings. The number of nitrogens with zero attached hydrogens (tertiary/aromatic N) is 4. The molecule has 1 fully saturated rings. The van der Waals surface area contributed by atoms with Gasteiger partial charge in [-0.05, 0) is 38.1 Å². The van der Waals surface area contributed by atoms with Gasteiger partial charge >= 0.3 is 0 Å². The average molecular weight is 374 g/mol. The van der Waals surface area contributed by atoms with Crippen molar-refractivity contribution in [2.45, 2.75) is 20.4 Å². The van der Waals surface area contributed by atoms with E-state index in [2.05, 4.69) is 39.2 Å².